The van der Waals surface area contributed by atoms with Crippen LogP contribution in [0.3, 0.4) is 0 Å². The molecule has 0 aliphatic rings. The van der Waals surface area contributed by atoms with E-state index in [1.807, 2.05) is 36.4 Å². The highest BCUT2D eigenvalue weighted by atomic mass is 16.5. The van der Waals surface area contributed by atoms with E-state index in [0.29, 0.717) is 13.2 Å². The number of methoxy groups -OCH3 is 1. The first-order chi connectivity index (χ1) is 14.4. The number of phenolic OH excluding ortho intramolecular Hbond substituents is 1. The summed E-state index contributed by atoms with van der Waals surface area (Å²) >= 11 is 0. The second kappa shape index (κ2) is 9.73. The maximum atomic E-state index is 12.9. The molecule has 31 heavy (non-hydrogen) atoms. The number of nitrogens with one attached hydrogen (secondary N) is 1. The predicted octanol–water partition coefficient (Wildman–Crippen LogP) is 5.39. The molecule has 0 aliphatic heterocycles. The SMILES string of the molecule is CCOC(=O)C(NCc1ccccc1OC)c1cc(C(C)(C)C)c(O)c(C(C)(C)C)c1. The van der Waals surface area contributed by atoms with Gasteiger partial charge >= 0.3 is 5.97 Å². The minimum Gasteiger partial charge on any atom is -0.507 e. The molecule has 0 saturated carbocycles. The Morgan fingerprint density at radius 3 is 2.06 bits per heavy atom. The van der Waals surface area contributed by atoms with Crippen LogP contribution in [0, 0.1) is 0 Å². The highest BCUT2D eigenvalue weighted by Gasteiger charge is 2.30. The molecule has 2 rings (SSSR count). The van der Waals surface area contributed by atoms with Gasteiger partial charge in [-0.1, -0.05) is 59.7 Å². The largest absolute Gasteiger partial charge is 0.507 e. The number of aromatic hydroxyl groups is 1. The Bertz CT molecular complexity index is 871. The molecule has 0 bridgehead atoms. The minimum atomic E-state index is -0.673. The number of rotatable bonds is 7. The van der Waals surface area contributed by atoms with Crippen molar-refractivity contribution >= 4 is 5.97 Å². The van der Waals surface area contributed by atoms with Gasteiger partial charge in [0.15, 0.2) is 0 Å². The summed E-state index contributed by atoms with van der Waals surface area (Å²) in [4.78, 5) is 12.9. The smallest absolute Gasteiger partial charge is 0.327 e. The zero-order valence-corrected chi connectivity index (χ0v) is 20.1. The van der Waals surface area contributed by atoms with E-state index in [1.165, 1.54) is 0 Å². The van der Waals surface area contributed by atoms with Crippen molar-refractivity contribution in [3.63, 3.8) is 0 Å². The molecular formula is C26H37NO4. The molecule has 0 radical (unpaired) electrons. The molecule has 2 N–H and O–H groups in total. The van der Waals surface area contributed by atoms with Crippen molar-refractivity contribution < 1.29 is 19.4 Å². The Morgan fingerprint density at radius 1 is 1.03 bits per heavy atom. The van der Waals surface area contributed by atoms with E-state index in [4.69, 9.17) is 9.47 Å². The number of ether oxygens (including phenoxy) is 2. The first kappa shape index (κ1) is 24.7. The number of hydrogen-bond donors (Lipinski definition) is 2. The monoisotopic (exact) mass is 427 g/mol. The Morgan fingerprint density at radius 2 is 1.58 bits per heavy atom. The number of hydrogen-bond acceptors (Lipinski definition) is 5. The fourth-order valence-electron chi connectivity index (χ4n) is 3.59. The van der Waals surface area contributed by atoms with Crippen molar-refractivity contribution in [1.82, 2.24) is 5.32 Å². The standard InChI is InChI=1S/C26H37NO4/c1-9-31-24(29)22(27-16-17-12-10-11-13-21(17)30-8)18-14-19(25(2,3)4)23(28)20(15-18)26(5,6)7/h10-15,22,27-28H,9,16H2,1-8H3. The van der Waals surface area contributed by atoms with Gasteiger partial charge < -0.3 is 14.6 Å². The van der Waals surface area contributed by atoms with Crippen molar-refractivity contribution in [2.24, 2.45) is 0 Å². The van der Waals surface area contributed by atoms with E-state index in [1.54, 1.807) is 14.0 Å². The second-order valence-electron chi connectivity index (χ2n) is 9.84. The van der Waals surface area contributed by atoms with Crippen LogP contribution in [0.15, 0.2) is 36.4 Å². The van der Waals surface area contributed by atoms with Crippen LogP contribution in [0.1, 0.15) is 76.8 Å². The number of carbonyl (C=O) groups is 1. The molecule has 2 aromatic carbocycles. The van der Waals surface area contributed by atoms with Crippen LogP contribution in [0.2, 0.25) is 0 Å². The molecule has 170 valence electrons. The molecule has 5 nitrogen and oxygen atoms in total. The lowest BCUT2D eigenvalue weighted by molar-refractivity contribution is -0.145. The summed E-state index contributed by atoms with van der Waals surface area (Å²) in [6.45, 7) is 14.9. The first-order valence-corrected chi connectivity index (χ1v) is 10.8. The number of para-hydroxylation sites is 1. The number of phenols is 1. The van der Waals surface area contributed by atoms with E-state index in [9.17, 15) is 9.90 Å². The van der Waals surface area contributed by atoms with E-state index in [-0.39, 0.29) is 22.5 Å². The summed E-state index contributed by atoms with van der Waals surface area (Å²) in [5.74, 6) is 0.702. The lowest BCUT2D eigenvalue weighted by atomic mass is 9.77. The van der Waals surface area contributed by atoms with Crippen LogP contribution in [-0.2, 0) is 26.9 Å². The molecule has 0 saturated heterocycles. The van der Waals surface area contributed by atoms with Crippen molar-refractivity contribution in [3.8, 4) is 11.5 Å². The summed E-state index contributed by atoms with van der Waals surface area (Å²) in [6.07, 6.45) is 0. The average molecular weight is 428 g/mol. The fourth-order valence-corrected chi connectivity index (χ4v) is 3.59. The highest BCUT2D eigenvalue weighted by Crippen LogP contribution is 2.41. The predicted molar refractivity (Wildman–Crippen MR) is 125 cm³/mol. The van der Waals surface area contributed by atoms with Crippen LogP contribution in [0.5, 0.6) is 11.5 Å². The molecule has 5 heteroatoms. The zero-order chi connectivity index (χ0) is 23.4. The maximum Gasteiger partial charge on any atom is 0.327 e. The van der Waals surface area contributed by atoms with Gasteiger partial charge in [0.05, 0.1) is 13.7 Å². The number of benzene rings is 2. The number of esters is 1. The number of carbonyl (C=O) groups excluding carboxylic acids is 1. The van der Waals surface area contributed by atoms with Gasteiger partial charge in [-0.25, -0.2) is 4.79 Å². The van der Waals surface area contributed by atoms with Gasteiger partial charge in [-0.2, -0.15) is 0 Å². The summed E-state index contributed by atoms with van der Waals surface area (Å²) in [6, 6.07) is 10.9. The quantitative estimate of drug-likeness (QED) is 0.580. The van der Waals surface area contributed by atoms with Crippen LogP contribution in [0.25, 0.3) is 0 Å². The topological polar surface area (TPSA) is 67.8 Å². The summed E-state index contributed by atoms with van der Waals surface area (Å²) in [5, 5.41) is 14.4. The van der Waals surface area contributed by atoms with Crippen LogP contribution >= 0.6 is 0 Å². The van der Waals surface area contributed by atoms with Gasteiger partial charge in [-0.15, -0.1) is 0 Å². The van der Waals surface area contributed by atoms with Gasteiger partial charge in [-0.05, 0) is 52.6 Å². The van der Waals surface area contributed by atoms with E-state index in [2.05, 4.69) is 46.9 Å². The van der Waals surface area contributed by atoms with E-state index >= 15 is 0 Å². The van der Waals surface area contributed by atoms with Gasteiger partial charge in [0.1, 0.15) is 17.5 Å². The molecule has 0 aliphatic carbocycles. The second-order valence-corrected chi connectivity index (χ2v) is 9.84. The Labute approximate surface area is 186 Å². The third-order valence-corrected chi connectivity index (χ3v) is 5.29. The lowest BCUT2D eigenvalue weighted by Crippen LogP contribution is -2.31. The maximum absolute atomic E-state index is 12.9. The van der Waals surface area contributed by atoms with Crippen LogP contribution in [-0.4, -0.2) is 24.8 Å². The van der Waals surface area contributed by atoms with Crippen molar-refractivity contribution in [2.75, 3.05) is 13.7 Å². The van der Waals surface area contributed by atoms with E-state index < -0.39 is 6.04 Å². The zero-order valence-electron chi connectivity index (χ0n) is 20.1. The lowest BCUT2D eigenvalue weighted by Gasteiger charge is -2.30. The van der Waals surface area contributed by atoms with Gasteiger partial charge in [-0.3, -0.25) is 5.32 Å². The molecule has 0 amide bonds. The minimum absolute atomic E-state index is 0.288. The molecule has 0 aromatic heterocycles. The fraction of sp³-hybridized carbons (Fsp3) is 0.500. The normalized spacial score (nSPS) is 13.0. The van der Waals surface area contributed by atoms with Crippen LogP contribution < -0.4 is 10.1 Å². The third-order valence-electron chi connectivity index (χ3n) is 5.29. The Balaban J connectivity index is 2.56. The Kier molecular flexibility index (Phi) is 7.77. The molecule has 1 unspecified atom stereocenters. The molecule has 2 aromatic rings. The van der Waals surface area contributed by atoms with Crippen molar-refractivity contribution in [1.29, 1.82) is 0 Å². The third kappa shape index (κ3) is 6.01. The van der Waals surface area contributed by atoms with Gasteiger partial charge in [0, 0.05) is 12.1 Å². The van der Waals surface area contributed by atoms with Crippen molar-refractivity contribution in [3.05, 3.63) is 58.7 Å². The van der Waals surface area contributed by atoms with E-state index in [0.717, 1.165) is 28.0 Å². The highest BCUT2D eigenvalue weighted by molar-refractivity contribution is 5.78. The van der Waals surface area contributed by atoms with Crippen LogP contribution in [0.4, 0.5) is 0 Å². The summed E-state index contributed by atoms with van der Waals surface area (Å²) in [5.41, 5.74) is 2.77. The summed E-state index contributed by atoms with van der Waals surface area (Å²) < 4.78 is 10.8. The molecule has 1 atom stereocenters. The molecule has 0 fully saturated rings. The molecule has 0 heterocycles. The first-order valence-electron chi connectivity index (χ1n) is 10.8. The average Bonchev–Trinajstić information content (AvgIpc) is 2.67. The van der Waals surface area contributed by atoms with Gasteiger partial charge in [0.25, 0.3) is 0 Å². The van der Waals surface area contributed by atoms with Gasteiger partial charge in [0.2, 0.25) is 0 Å². The summed E-state index contributed by atoms with van der Waals surface area (Å²) in [7, 11) is 1.63. The Hall–Kier alpha value is -2.53. The molecular weight excluding hydrogens is 390 g/mol. The molecule has 0 spiro atoms. The van der Waals surface area contributed by atoms with Crippen molar-refractivity contribution in [2.45, 2.75) is 71.9 Å².